The highest BCUT2D eigenvalue weighted by atomic mass is 16.5. The number of amides is 1. The first-order chi connectivity index (χ1) is 9.83. The van der Waals surface area contributed by atoms with Crippen LogP contribution in [0.2, 0.25) is 0 Å². The van der Waals surface area contributed by atoms with E-state index in [2.05, 4.69) is 10.1 Å². The lowest BCUT2D eigenvalue weighted by Crippen LogP contribution is -2.48. The molecule has 1 aliphatic rings. The van der Waals surface area contributed by atoms with E-state index in [1.165, 1.54) is 0 Å². The topological polar surface area (TPSA) is 75.6 Å². The molecule has 0 aliphatic carbocycles. The summed E-state index contributed by atoms with van der Waals surface area (Å²) >= 11 is 0. The lowest BCUT2D eigenvalue weighted by atomic mass is 9.99. The van der Waals surface area contributed by atoms with Crippen molar-refractivity contribution in [2.75, 3.05) is 26.2 Å². The third kappa shape index (κ3) is 5.13. The van der Waals surface area contributed by atoms with E-state index in [-0.39, 0.29) is 11.4 Å². The van der Waals surface area contributed by atoms with Crippen molar-refractivity contribution in [1.29, 1.82) is 0 Å². The molecule has 0 atom stereocenters. The average Bonchev–Trinajstić information content (AvgIpc) is 2.81. The van der Waals surface area contributed by atoms with Gasteiger partial charge in [-0.15, -0.1) is 0 Å². The van der Waals surface area contributed by atoms with Crippen LogP contribution in [0.15, 0.2) is 10.6 Å². The van der Waals surface area contributed by atoms with Gasteiger partial charge in [0.2, 0.25) is 5.91 Å². The summed E-state index contributed by atoms with van der Waals surface area (Å²) in [6.07, 6.45) is 1.26. The molecule has 6 nitrogen and oxygen atoms in total. The SMILES string of the molecule is Cc1cc(CN2CCN(C(=O)CCC(C)(C)N)CC2)on1. The Bertz CT molecular complexity index is 470. The Morgan fingerprint density at radius 2 is 2.05 bits per heavy atom. The van der Waals surface area contributed by atoms with Crippen LogP contribution in [-0.2, 0) is 11.3 Å². The van der Waals surface area contributed by atoms with E-state index >= 15 is 0 Å². The lowest BCUT2D eigenvalue weighted by molar-refractivity contribution is -0.133. The number of aromatic nitrogens is 1. The molecule has 1 aromatic heterocycles. The minimum absolute atomic E-state index is 0.212. The molecule has 1 aliphatic heterocycles. The Morgan fingerprint density at radius 1 is 1.38 bits per heavy atom. The van der Waals surface area contributed by atoms with E-state index in [1.807, 2.05) is 31.7 Å². The van der Waals surface area contributed by atoms with Gasteiger partial charge in [-0.1, -0.05) is 5.16 Å². The van der Waals surface area contributed by atoms with E-state index in [1.54, 1.807) is 0 Å². The first-order valence-corrected chi connectivity index (χ1v) is 7.55. The quantitative estimate of drug-likeness (QED) is 0.881. The molecule has 0 saturated carbocycles. The van der Waals surface area contributed by atoms with Crippen molar-refractivity contribution >= 4 is 5.91 Å². The molecule has 1 saturated heterocycles. The summed E-state index contributed by atoms with van der Waals surface area (Å²) in [6, 6.07) is 1.96. The molecule has 6 heteroatoms. The molecule has 0 aromatic carbocycles. The molecule has 21 heavy (non-hydrogen) atoms. The Hall–Kier alpha value is -1.40. The molecule has 0 bridgehead atoms. The Kier molecular flexibility index (Phi) is 5.00. The van der Waals surface area contributed by atoms with E-state index in [9.17, 15) is 4.79 Å². The zero-order valence-corrected chi connectivity index (χ0v) is 13.3. The monoisotopic (exact) mass is 294 g/mol. The zero-order valence-electron chi connectivity index (χ0n) is 13.3. The second kappa shape index (κ2) is 6.58. The van der Waals surface area contributed by atoms with Gasteiger partial charge in [0.1, 0.15) is 0 Å². The number of hydrogen-bond donors (Lipinski definition) is 1. The number of rotatable bonds is 5. The molecule has 0 unspecified atom stereocenters. The molecule has 2 rings (SSSR count). The van der Waals surface area contributed by atoms with Crippen LogP contribution in [-0.4, -0.2) is 52.6 Å². The van der Waals surface area contributed by atoms with Gasteiger partial charge < -0.3 is 15.2 Å². The van der Waals surface area contributed by atoms with E-state index in [0.717, 1.165) is 50.6 Å². The molecule has 0 radical (unpaired) electrons. The maximum Gasteiger partial charge on any atom is 0.222 e. The summed E-state index contributed by atoms with van der Waals surface area (Å²) in [5.41, 5.74) is 6.56. The predicted octanol–water partition coefficient (Wildman–Crippen LogP) is 1.14. The van der Waals surface area contributed by atoms with Crippen LogP contribution in [0.4, 0.5) is 0 Å². The number of aryl methyl sites for hydroxylation is 1. The number of carbonyl (C=O) groups excluding carboxylic acids is 1. The zero-order chi connectivity index (χ0) is 15.5. The highest BCUT2D eigenvalue weighted by Crippen LogP contribution is 2.13. The standard InChI is InChI=1S/C15H26N4O2/c1-12-10-13(21-17-12)11-18-6-8-19(9-7-18)14(20)4-5-15(2,3)16/h10H,4-9,11,16H2,1-3H3. The molecule has 1 fully saturated rings. The molecule has 1 amide bonds. The fraction of sp³-hybridized carbons (Fsp3) is 0.733. The Balaban J connectivity index is 1.74. The minimum Gasteiger partial charge on any atom is -0.360 e. The Labute approximate surface area is 126 Å². The smallest absolute Gasteiger partial charge is 0.222 e. The van der Waals surface area contributed by atoms with Crippen LogP contribution in [0, 0.1) is 6.92 Å². The molecule has 2 heterocycles. The normalized spacial score (nSPS) is 17.2. The van der Waals surface area contributed by atoms with Crippen molar-refractivity contribution in [1.82, 2.24) is 15.0 Å². The number of nitrogens with two attached hydrogens (primary N) is 1. The average molecular weight is 294 g/mol. The van der Waals surface area contributed by atoms with Crippen molar-refractivity contribution in [2.24, 2.45) is 5.73 Å². The van der Waals surface area contributed by atoms with Crippen LogP contribution in [0.25, 0.3) is 0 Å². The first-order valence-electron chi connectivity index (χ1n) is 7.55. The fourth-order valence-corrected chi connectivity index (χ4v) is 2.45. The molecule has 2 N–H and O–H groups in total. The summed E-state index contributed by atoms with van der Waals surface area (Å²) in [4.78, 5) is 16.4. The van der Waals surface area contributed by atoms with E-state index < -0.39 is 0 Å². The Morgan fingerprint density at radius 3 is 2.57 bits per heavy atom. The van der Waals surface area contributed by atoms with Crippen LogP contribution in [0.3, 0.4) is 0 Å². The van der Waals surface area contributed by atoms with Crippen LogP contribution in [0.1, 0.15) is 38.1 Å². The van der Waals surface area contributed by atoms with Gasteiger partial charge in [0.15, 0.2) is 5.76 Å². The molecule has 0 spiro atoms. The summed E-state index contributed by atoms with van der Waals surface area (Å²) < 4.78 is 5.23. The van der Waals surface area contributed by atoms with Crippen LogP contribution in [0.5, 0.6) is 0 Å². The number of hydrogen-bond acceptors (Lipinski definition) is 5. The van der Waals surface area contributed by atoms with E-state index in [4.69, 9.17) is 10.3 Å². The first kappa shape index (κ1) is 16.0. The van der Waals surface area contributed by atoms with Gasteiger partial charge in [-0.25, -0.2) is 0 Å². The maximum atomic E-state index is 12.1. The van der Waals surface area contributed by atoms with Crippen molar-refractivity contribution in [3.05, 3.63) is 17.5 Å². The summed E-state index contributed by atoms with van der Waals surface area (Å²) in [5.74, 6) is 1.10. The third-order valence-electron chi connectivity index (χ3n) is 3.76. The van der Waals surface area contributed by atoms with Crippen LogP contribution < -0.4 is 5.73 Å². The van der Waals surface area contributed by atoms with Gasteiger partial charge in [0, 0.05) is 44.2 Å². The van der Waals surface area contributed by atoms with Gasteiger partial charge in [0.25, 0.3) is 0 Å². The van der Waals surface area contributed by atoms with Gasteiger partial charge in [0.05, 0.1) is 12.2 Å². The van der Waals surface area contributed by atoms with Gasteiger partial charge in [-0.3, -0.25) is 9.69 Å². The molecule has 1 aromatic rings. The van der Waals surface area contributed by atoms with E-state index in [0.29, 0.717) is 6.42 Å². The molecule has 118 valence electrons. The summed E-state index contributed by atoms with van der Waals surface area (Å²) in [6.45, 7) is 9.89. The third-order valence-corrected chi connectivity index (χ3v) is 3.76. The summed E-state index contributed by atoms with van der Waals surface area (Å²) in [5, 5.41) is 3.89. The highest BCUT2D eigenvalue weighted by molar-refractivity contribution is 5.76. The molecular weight excluding hydrogens is 268 g/mol. The predicted molar refractivity (Wildman–Crippen MR) is 80.6 cm³/mol. The highest BCUT2D eigenvalue weighted by Gasteiger charge is 2.23. The number of nitrogens with zero attached hydrogens (tertiary/aromatic N) is 3. The fourth-order valence-electron chi connectivity index (χ4n) is 2.45. The molecular formula is C15H26N4O2. The largest absolute Gasteiger partial charge is 0.360 e. The van der Waals surface area contributed by atoms with Gasteiger partial charge in [-0.05, 0) is 27.2 Å². The maximum absolute atomic E-state index is 12.1. The van der Waals surface area contributed by atoms with Crippen molar-refractivity contribution in [2.45, 2.75) is 45.7 Å². The van der Waals surface area contributed by atoms with Gasteiger partial charge in [-0.2, -0.15) is 0 Å². The second-order valence-corrected chi connectivity index (χ2v) is 6.58. The summed E-state index contributed by atoms with van der Waals surface area (Å²) in [7, 11) is 0. The van der Waals surface area contributed by atoms with Gasteiger partial charge >= 0.3 is 0 Å². The van der Waals surface area contributed by atoms with Crippen molar-refractivity contribution in [3.63, 3.8) is 0 Å². The van der Waals surface area contributed by atoms with Crippen molar-refractivity contribution in [3.8, 4) is 0 Å². The lowest BCUT2D eigenvalue weighted by Gasteiger charge is -2.34. The minimum atomic E-state index is -0.276. The number of piperazine rings is 1. The van der Waals surface area contributed by atoms with Crippen LogP contribution >= 0.6 is 0 Å². The van der Waals surface area contributed by atoms with Crippen molar-refractivity contribution < 1.29 is 9.32 Å². The number of carbonyl (C=O) groups is 1. The second-order valence-electron chi connectivity index (χ2n) is 6.58.